The Hall–Kier alpha value is -0.120. The fraction of sp³-hybridized carbons (Fsp3) is 1.00. The fourth-order valence-electron chi connectivity index (χ4n) is 3.08. The smallest absolute Gasteiger partial charge is 0.0685 e. The molecule has 1 saturated heterocycles. The van der Waals surface area contributed by atoms with Gasteiger partial charge in [0, 0.05) is 30.6 Å². The van der Waals surface area contributed by atoms with Crippen molar-refractivity contribution in [2.45, 2.75) is 38.8 Å². The van der Waals surface area contributed by atoms with E-state index in [2.05, 4.69) is 19.2 Å². The molecule has 0 spiro atoms. The highest BCUT2D eigenvalue weighted by Crippen LogP contribution is 2.51. The minimum absolute atomic E-state index is 0.274. The monoisotopic (exact) mass is 199 g/mol. The summed E-state index contributed by atoms with van der Waals surface area (Å²) in [5, 5.41) is 12.3. The molecule has 1 saturated carbocycles. The van der Waals surface area contributed by atoms with Crippen LogP contribution in [-0.2, 0) is 4.74 Å². The lowest BCUT2D eigenvalue weighted by atomic mass is 9.57. The van der Waals surface area contributed by atoms with Gasteiger partial charge in [0.25, 0.3) is 0 Å². The van der Waals surface area contributed by atoms with Crippen molar-refractivity contribution in [1.82, 2.24) is 5.32 Å². The van der Waals surface area contributed by atoms with Crippen LogP contribution in [0.25, 0.3) is 0 Å². The van der Waals surface area contributed by atoms with Gasteiger partial charge in [0.05, 0.1) is 6.10 Å². The molecule has 2 N–H and O–H groups in total. The zero-order valence-electron chi connectivity index (χ0n) is 9.12. The molecule has 3 unspecified atom stereocenters. The van der Waals surface area contributed by atoms with Crippen molar-refractivity contribution in [1.29, 1.82) is 0 Å². The maximum atomic E-state index is 8.72. The molecule has 1 aliphatic carbocycles. The van der Waals surface area contributed by atoms with Gasteiger partial charge >= 0.3 is 0 Å². The molecular weight excluding hydrogens is 178 g/mol. The number of hydrogen-bond donors (Lipinski definition) is 2. The summed E-state index contributed by atoms with van der Waals surface area (Å²) >= 11 is 0. The summed E-state index contributed by atoms with van der Waals surface area (Å²) in [5.41, 5.74) is 0.274. The van der Waals surface area contributed by atoms with Crippen LogP contribution in [0.2, 0.25) is 0 Å². The van der Waals surface area contributed by atoms with Crippen LogP contribution < -0.4 is 5.32 Å². The highest BCUT2D eigenvalue weighted by molar-refractivity contribution is 5.11. The first kappa shape index (κ1) is 10.4. The molecule has 3 heteroatoms. The first-order valence-electron chi connectivity index (χ1n) is 5.64. The van der Waals surface area contributed by atoms with E-state index in [-0.39, 0.29) is 12.0 Å². The minimum atomic E-state index is 0.274. The number of aliphatic hydroxyl groups is 1. The van der Waals surface area contributed by atoms with Crippen LogP contribution in [0.4, 0.5) is 0 Å². The summed E-state index contributed by atoms with van der Waals surface area (Å²) in [4.78, 5) is 0. The Balaban J connectivity index is 1.86. The van der Waals surface area contributed by atoms with Crippen LogP contribution in [0, 0.1) is 11.3 Å². The van der Waals surface area contributed by atoms with E-state index in [4.69, 9.17) is 9.84 Å². The molecule has 2 aliphatic rings. The van der Waals surface area contributed by atoms with Crippen LogP contribution in [0.5, 0.6) is 0 Å². The molecular formula is C11H21NO2. The fourth-order valence-corrected chi connectivity index (χ4v) is 3.08. The van der Waals surface area contributed by atoms with Crippen molar-refractivity contribution in [2.24, 2.45) is 11.3 Å². The summed E-state index contributed by atoms with van der Waals surface area (Å²) in [6.45, 7) is 6.68. The number of ether oxygens (including phenoxy) is 1. The number of fused-ring (bicyclic) bond motifs is 1. The van der Waals surface area contributed by atoms with Crippen LogP contribution in [-0.4, -0.2) is 37.0 Å². The van der Waals surface area contributed by atoms with Gasteiger partial charge in [-0.1, -0.05) is 13.8 Å². The topological polar surface area (TPSA) is 41.5 Å². The second-order valence-electron chi connectivity index (χ2n) is 5.07. The average Bonchev–Trinajstić information content (AvgIpc) is 2.58. The van der Waals surface area contributed by atoms with E-state index >= 15 is 0 Å². The molecule has 2 fully saturated rings. The zero-order chi connectivity index (χ0) is 10.2. The highest BCUT2D eigenvalue weighted by atomic mass is 16.5. The molecule has 14 heavy (non-hydrogen) atoms. The lowest BCUT2D eigenvalue weighted by Crippen LogP contribution is -2.65. The van der Waals surface area contributed by atoms with Crippen LogP contribution >= 0.6 is 0 Å². The quantitative estimate of drug-likeness (QED) is 0.657. The Kier molecular flexibility index (Phi) is 2.82. The summed E-state index contributed by atoms with van der Waals surface area (Å²) in [6.07, 6.45) is 2.52. The van der Waals surface area contributed by atoms with Gasteiger partial charge in [-0.15, -0.1) is 0 Å². The third-order valence-corrected chi connectivity index (χ3v) is 3.80. The molecule has 0 radical (unpaired) electrons. The number of rotatable bonds is 4. The van der Waals surface area contributed by atoms with Crippen molar-refractivity contribution in [3.63, 3.8) is 0 Å². The second-order valence-corrected chi connectivity index (χ2v) is 5.07. The molecule has 0 aromatic heterocycles. The van der Waals surface area contributed by atoms with Crippen LogP contribution in [0.15, 0.2) is 0 Å². The largest absolute Gasteiger partial charge is 0.396 e. The Labute approximate surface area is 85.8 Å². The molecule has 3 atom stereocenters. The standard InChI is InChI=1S/C11H21NO2/c1-11(2)9(12-5-3-6-13)8-4-7-14-10(8)11/h8-10,12-13H,3-7H2,1-2H3. The Morgan fingerprint density at radius 3 is 3.00 bits per heavy atom. The zero-order valence-corrected chi connectivity index (χ0v) is 9.12. The van der Waals surface area contributed by atoms with Gasteiger partial charge in [0.15, 0.2) is 0 Å². The van der Waals surface area contributed by atoms with E-state index in [1.807, 2.05) is 0 Å². The van der Waals surface area contributed by atoms with Gasteiger partial charge in [-0.2, -0.15) is 0 Å². The molecule has 1 heterocycles. The number of aliphatic hydroxyl groups excluding tert-OH is 1. The second kappa shape index (κ2) is 3.80. The molecule has 0 amide bonds. The van der Waals surface area contributed by atoms with E-state index in [0.717, 1.165) is 19.6 Å². The van der Waals surface area contributed by atoms with Gasteiger partial charge in [-0.3, -0.25) is 0 Å². The Morgan fingerprint density at radius 2 is 2.29 bits per heavy atom. The van der Waals surface area contributed by atoms with E-state index in [1.54, 1.807) is 0 Å². The van der Waals surface area contributed by atoms with E-state index in [1.165, 1.54) is 6.42 Å². The maximum absolute atomic E-state index is 8.72. The van der Waals surface area contributed by atoms with Gasteiger partial charge in [-0.05, 0) is 19.4 Å². The lowest BCUT2D eigenvalue weighted by molar-refractivity contribution is -0.112. The predicted molar refractivity (Wildman–Crippen MR) is 55.1 cm³/mol. The molecule has 1 aliphatic heterocycles. The molecule has 0 aromatic carbocycles. The molecule has 2 rings (SSSR count). The summed E-state index contributed by atoms with van der Waals surface area (Å²) < 4.78 is 5.71. The molecule has 3 nitrogen and oxygen atoms in total. The maximum Gasteiger partial charge on any atom is 0.0685 e. The predicted octanol–water partition coefficient (Wildman–Crippen LogP) is 0.772. The average molecular weight is 199 g/mol. The third-order valence-electron chi connectivity index (χ3n) is 3.80. The highest BCUT2D eigenvalue weighted by Gasteiger charge is 2.58. The third kappa shape index (κ3) is 1.47. The first-order chi connectivity index (χ1) is 6.68. The van der Waals surface area contributed by atoms with E-state index < -0.39 is 0 Å². The van der Waals surface area contributed by atoms with Gasteiger partial charge in [0.2, 0.25) is 0 Å². The van der Waals surface area contributed by atoms with Gasteiger partial charge in [-0.25, -0.2) is 0 Å². The number of nitrogens with one attached hydrogen (secondary N) is 1. The number of hydrogen-bond acceptors (Lipinski definition) is 3. The molecule has 0 aromatic rings. The van der Waals surface area contributed by atoms with Crippen molar-refractivity contribution < 1.29 is 9.84 Å². The van der Waals surface area contributed by atoms with Gasteiger partial charge in [0.1, 0.15) is 0 Å². The minimum Gasteiger partial charge on any atom is -0.396 e. The lowest BCUT2D eigenvalue weighted by Gasteiger charge is -2.55. The van der Waals surface area contributed by atoms with Crippen LogP contribution in [0.3, 0.4) is 0 Å². The SMILES string of the molecule is CC1(C)C(NCCCO)C2CCOC21. The van der Waals surface area contributed by atoms with Crippen molar-refractivity contribution >= 4 is 0 Å². The Morgan fingerprint density at radius 1 is 1.50 bits per heavy atom. The van der Waals surface area contributed by atoms with E-state index in [9.17, 15) is 0 Å². The molecule has 82 valence electrons. The summed E-state index contributed by atoms with van der Waals surface area (Å²) in [7, 11) is 0. The molecule has 0 bridgehead atoms. The van der Waals surface area contributed by atoms with Crippen molar-refractivity contribution in [2.75, 3.05) is 19.8 Å². The van der Waals surface area contributed by atoms with Crippen molar-refractivity contribution in [3.05, 3.63) is 0 Å². The first-order valence-corrected chi connectivity index (χ1v) is 5.64. The van der Waals surface area contributed by atoms with Crippen LogP contribution in [0.1, 0.15) is 26.7 Å². The summed E-state index contributed by atoms with van der Waals surface area (Å²) in [6, 6.07) is 0.585. The summed E-state index contributed by atoms with van der Waals surface area (Å²) in [5.74, 6) is 0.712. The Bertz CT molecular complexity index is 205. The van der Waals surface area contributed by atoms with Gasteiger partial charge < -0.3 is 15.2 Å². The van der Waals surface area contributed by atoms with E-state index in [0.29, 0.717) is 18.1 Å². The van der Waals surface area contributed by atoms with Crippen molar-refractivity contribution in [3.8, 4) is 0 Å². The normalized spacial score (nSPS) is 39.2.